The number of imide groups is 1. The Morgan fingerprint density at radius 1 is 0.946 bits per heavy atom. The van der Waals surface area contributed by atoms with Gasteiger partial charge in [-0.3, -0.25) is 19.4 Å². The second-order valence-electron chi connectivity index (χ2n) is 10.4. The highest BCUT2D eigenvalue weighted by Gasteiger charge is 2.39. The van der Waals surface area contributed by atoms with Crippen LogP contribution in [-0.2, 0) is 13.0 Å². The molecule has 0 bridgehead atoms. The maximum absolute atomic E-state index is 12.5. The van der Waals surface area contributed by atoms with Gasteiger partial charge in [0, 0.05) is 32.1 Å². The number of carboxylic acid groups (broad SMARTS) is 1. The number of hydrogen-bond donors (Lipinski definition) is 1. The molecule has 3 amide bonds. The minimum atomic E-state index is -0.892. The van der Waals surface area contributed by atoms with Crippen LogP contribution in [0.5, 0.6) is 0 Å². The number of benzene rings is 2. The van der Waals surface area contributed by atoms with Gasteiger partial charge >= 0.3 is 6.09 Å². The van der Waals surface area contributed by atoms with Gasteiger partial charge in [-0.1, -0.05) is 43.2 Å². The van der Waals surface area contributed by atoms with E-state index in [1.54, 1.807) is 31.3 Å². The second kappa shape index (κ2) is 11.7. The molecule has 1 saturated heterocycles. The first-order valence-electron chi connectivity index (χ1n) is 13.2. The predicted molar refractivity (Wildman–Crippen MR) is 144 cm³/mol. The second-order valence-corrected chi connectivity index (χ2v) is 10.4. The van der Waals surface area contributed by atoms with Crippen LogP contribution in [0.15, 0.2) is 42.5 Å². The van der Waals surface area contributed by atoms with Crippen LogP contribution in [0, 0.1) is 0 Å². The predicted octanol–water partition coefficient (Wildman–Crippen LogP) is 5.18. The van der Waals surface area contributed by atoms with E-state index < -0.39 is 6.09 Å². The van der Waals surface area contributed by atoms with Crippen LogP contribution in [0.3, 0.4) is 0 Å². The van der Waals surface area contributed by atoms with E-state index in [4.69, 9.17) is 0 Å². The highest BCUT2D eigenvalue weighted by atomic mass is 35.5. The standard InChI is InChI=1S/C29H35N3O4.ClH/c1-30(29(35)36)19-20-9-8-12-22-21(20)13-14-26-23(22)15-18-31(26)16-6-2-3-7-17-32-27(33)24-10-4-5-11-25(24)28(32)34;/h4-5,8-12,23,26H,2-3,6-7,13-19H2,1H3,(H,35,36);1H/t23-,26+;/m1./s1. The van der Waals surface area contributed by atoms with Crippen molar-refractivity contribution in [1.82, 2.24) is 14.7 Å². The average molecular weight is 526 g/mol. The van der Waals surface area contributed by atoms with Crippen molar-refractivity contribution in [2.24, 2.45) is 0 Å². The van der Waals surface area contributed by atoms with Crippen molar-refractivity contribution < 1.29 is 19.5 Å². The van der Waals surface area contributed by atoms with E-state index in [1.165, 1.54) is 20.9 Å². The van der Waals surface area contributed by atoms with E-state index in [2.05, 4.69) is 23.1 Å². The van der Waals surface area contributed by atoms with Crippen molar-refractivity contribution in [3.8, 4) is 0 Å². The van der Waals surface area contributed by atoms with Crippen LogP contribution < -0.4 is 0 Å². The monoisotopic (exact) mass is 525 g/mol. The van der Waals surface area contributed by atoms with Gasteiger partial charge in [0.2, 0.25) is 0 Å². The van der Waals surface area contributed by atoms with Gasteiger partial charge in [-0.15, -0.1) is 12.4 Å². The molecular weight excluding hydrogens is 490 g/mol. The van der Waals surface area contributed by atoms with Gasteiger partial charge in [-0.25, -0.2) is 4.79 Å². The number of rotatable bonds is 9. The molecule has 1 fully saturated rings. The van der Waals surface area contributed by atoms with Gasteiger partial charge < -0.3 is 10.0 Å². The lowest BCUT2D eigenvalue weighted by atomic mass is 9.77. The molecule has 0 spiro atoms. The quantitative estimate of drug-likeness (QED) is 0.360. The fourth-order valence-corrected chi connectivity index (χ4v) is 6.39. The molecule has 0 radical (unpaired) electrons. The molecule has 2 aliphatic heterocycles. The Morgan fingerprint density at radius 2 is 1.62 bits per heavy atom. The fourth-order valence-electron chi connectivity index (χ4n) is 6.39. The SMILES string of the molecule is CN(Cc1cccc2c1CC[C@H]1[C@@H]2CCN1CCCCCCN1C(=O)c2ccccc2C1=O)C(=O)O.Cl. The molecule has 0 unspecified atom stereocenters. The van der Waals surface area contributed by atoms with Gasteiger partial charge in [-0.05, 0) is 74.0 Å². The summed E-state index contributed by atoms with van der Waals surface area (Å²) in [4.78, 5) is 41.7. The third-order valence-electron chi connectivity index (χ3n) is 8.25. The topological polar surface area (TPSA) is 81.2 Å². The number of nitrogens with zero attached hydrogens (tertiary/aromatic N) is 3. The lowest BCUT2D eigenvalue weighted by Gasteiger charge is -2.34. The minimum Gasteiger partial charge on any atom is -0.465 e. The lowest BCUT2D eigenvalue weighted by Crippen LogP contribution is -2.36. The van der Waals surface area contributed by atoms with E-state index in [0.29, 0.717) is 36.2 Å². The highest BCUT2D eigenvalue weighted by Crippen LogP contribution is 2.42. The molecule has 2 atom stereocenters. The first-order chi connectivity index (χ1) is 17.5. The molecule has 0 aromatic heterocycles. The number of carbonyl (C=O) groups excluding carboxylic acids is 2. The number of likely N-dealkylation sites (tertiary alicyclic amines) is 1. The Balaban J connectivity index is 0.00000320. The van der Waals surface area contributed by atoms with Crippen LogP contribution >= 0.6 is 12.4 Å². The van der Waals surface area contributed by atoms with Crippen molar-refractivity contribution in [3.05, 3.63) is 70.3 Å². The summed E-state index contributed by atoms with van der Waals surface area (Å²) in [5.74, 6) is 0.223. The number of halogens is 1. The van der Waals surface area contributed by atoms with Crippen molar-refractivity contribution >= 4 is 30.3 Å². The molecule has 3 aliphatic rings. The maximum Gasteiger partial charge on any atom is 0.407 e. The fraction of sp³-hybridized carbons (Fsp3) is 0.483. The average Bonchev–Trinajstić information content (AvgIpc) is 3.40. The number of amides is 3. The van der Waals surface area contributed by atoms with Gasteiger partial charge in [0.25, 0.3) is 11.8 Å². The van der Waals surface area contributed by atoms with Crippen molar-refractivity contribution in [2.45, 2.75) is 63.5 Å². The molecule has 2 aromatic rings. The van der Waals surface area contributed by atoms with E-state index in [0.717, 1.165) is 63.6 Å². The summed E-state index contributed by atoms with van der Waals surface area (Å²) in [5.41, 5.74) is 4.99. The molecule has 2 aromatic carbocycles. The van der Waals surface area contributed by atoms with Crippen molar-refractivity contribution in [2.75, 3.05) is 26.7 Å². The molecule has 1 aliphatic carbocycles. The van der Waals surface area contributed by atoms with E-state index in [-0.39, 0.29) is 24.2 Å². The van der Waals surface area contributed by atoms with Crippen LogP contribution in [-0.4, -0.2) is 70.4 Å². The first kappa shape index (κ1) is 27.1. The van der Waals surface area contributed by atoms with E-state index >= 15 is 0 Å². The van der Waals surface area contributed by atoms with Crippen molar-refractivity contribution in [3.63, 3.8) is 0 Å². The first-order valence-corrected chi connectivity index (χ1v) is 13.2. The lowest BCUT2D eigenvalue weighted by molar-refractivity contribution is 0.0651. The third kappa shape index (κ3) is 5.39. The molecular formula is C29H36ClN3O4. The van der Waals surface area contributed by atoms with Crippen LogP contribution in [0.25, 0.3) is 0 Å². The van der Waals surface area contributed by atoms with Crippen LogP contribution in [0.2, 0.25) is 0 Å². The smallest absolute Gasteiger partial charge is 0.407 e. The summed E-state index contributed by atoms with van der Waals surface area (Å²) in [7, 11) is 1.63. The Kier molecular flexibility index (Phi) is 8.55. The summed E-state index contributed by atoms with van der Waals surface area (Å²) < 4.78 is 0. The Bertz CT molecular complexity index is 1130. The van der Waals surface area contributed by atoms with E-state index in [1.807, 2.05) is 0 Å². The summed E-state index contributed by atoms with van der Waals surface area (Å²) in [6, 6.07) is 14.1. The molecule has 198 valence electrons. The number of hydrogen-bond acceptors (Lipinski definition) is 4. The zero-order chi connectivity index (χ0) is 25.2. The largest absolute Gasteiger partial charge is 0.465 e. The summed E-state index contributed by atoms with van der Waals surface area (Å²) in [6.45, 7) is 3.14. The number of fused-ring (bicyclic) bond motifs is 4. The molecule has 2 heterocycles. The molecule has 8 heteroatoms. The maximum atomic E-state index is 12.5. The van der Waals surface area contributed by atoms with Gasteiger partial charge in [-0.2, -0.15) is 0 Å². The normalized spacial score (nSPS) is 20.3. The molecule has 7 nitrogen and oxygen atoms in total. The van der Waals surface area contributed by atoms with Gasteiger partial charge in [0.1, 0.15) is 0 Å². The molecule has 37 heavy (non-hydrogen) atoms. The van der Waals surface area contributed by atoms with Crippen LogP contribution in [0.4, 0.5) is 4.79 Å². The number of unbranched alkanes of at least 4 members (excludes halogenated alkanes) is 3. The number of carbonyl (C=O) groups is 3. The van der Waals surface area contributed by atoms with Gasteiger partial charge in [0.05, 0.1) is 11.1 Å². The summed E-state index contributed by atoms with van der Waals surface area (Å²) >= 11 is 0. The Morgan fingerprint density at radius 3 is 2.30 bits per heavy atom. The minimum absolute atomic E-state index is 0. The zero-order valence-electron chi connectivity index (χ0n) is 21.4. The molecule has 1 N–H and O–H groups in total. The summed E-state index contributed by atoms with van der Waals surface area (Å²) in [6.07, 6.45) is 6.49. The van der Waals surface area contributed by atoms with E-state index in [9.17, 15) is 19.5 Å². The highest BCUT2D eigenvalue weighted by molar-refractivity contribution is 6.21. The Labute approximate surface area is 224 Å². The molecule has 0 saturated carbocycles. The van der Waals surface area contributed by atoms with Crippen LogP contribution in [0.1, 0.15) is 81.8 Å². The van der Waals surface area contributed by atoms with Gasteiger partial charge in [0.15, 0.2) is 0 Å². The van der Waals surface area contributed by atoms with Crippen molar-refractivity contribution in [1.29, 1.82) is 0 Å². The summed E-state index contributed by atoms with van der Waals surface area (Å²) in [5, 5.41) is 9.27. The zero-order valence-corrected chi connectivity index (χ0v) is 22.2. The third-order valence-corrected chi connectivity index (χ3v) is 8.25. The Hall–Kier alpha value is -2.90. The molecule has 5 rings (SSSR count).